The molecule has 3 rings (SSSR count). The van der Waals surface area contributed by atoms with Crippen molar-refractivity contribution in [3.63, 3.8) is 0 Å². The highest BCUT2D eigenvalue weighted by molar-refractivity contribution is 5.82. The Bertz CT molecular complexity index is 895. The summed E-state index contributed by atoms with van der Waals surface area (Å²) in [6.45, 7) is 3.49. The smallest absolute Gasteiger partial charge is 0.407 e. The fourth-order valence-corrected chi connectivity index (χ4v) is 3.69. The number of benzene rings is 2. The molecule has 0 aromatic heterocycles. The molecule has 0 bridgehead atoms. The standard InChI is InChI=1S/C23H26N2O5/c1-14(2)20(11-21(26)24-12-22(27)28)25-23(29)30-13-19-17-9-5-3-7-15(17)16-8-4-6-10-18(16)19/h3-10,14,19-20H,11-13H2,1-2H3,(H,24,26)(H,25,29)(H,27,28)/t20-/m1/s1. The number of hydrogen-bond acceptors (Lipinski definition) is 4. The number of fused-ring (bicyclic) bond motifs is 3. The lowest BCUT2D eigenvalue weighted by atomic mass is 9.98. The monoisotopic (exact) mass is 410 g/mol. The number of alkyl carbamates (subject to hydrolysis) is 1. The fourth-order valence-electron chi connectivity index (χ4n) is 3.69. The van der Waals surface area contributed by atoms with Gasteiger partial charge >= 0.3 is 12.1 Å². The molecule has 1 aliphatic rings. The predicted molar refractivity (Wildman–Crippen MR) is 112 cm³/mol. The number of carbonyl (C=O) groups is 3. The number of amides is 2. The first-order valence-electron chi connectivity index (χ1n) is 9.96. The molecule has 0 saturated carbocycles. The maximum atomic E-state index is 12.4. The quantitative estimate of drug-likeness (QED) is 0.620. The van der Waals surface area contributed by atoms with E-state index >= 15 is 0 Å². The molecule has 0 spiro atoms. The van der Waals surface area contributed by atoms with Crippen LogP contribution in [0, 0.1) is 5.92 Å². The minimum atomic E-state index is -1.12. The maximum Gasteiger partial charge on any atom is 0.407 e. The van der Waals surface area contributed by atoms with Crippen molar-refractivity contribution < 1.29 is 24.2 Å². The minimum absolute atomic E-state index is 0.0187. The minimum Gasteiger partial charge on any atom is -0.480 e. The number of carboxylic acid groups (broad SMARTS) is 1. The Labute approximate surface area is 175 Å². The maximum absolute atomic E-state index is 12.4. The average molecular weight is 410 g/mol. The van der Waals surface area contributed by atoms with E-state index in [2.05, 4.69) is 22.8 Å². The van der Waals surface area contributed by atoms with Crippen LogP contribution in [0.5, 0.6) is 0 Å². The van der Waals surface area contributed by atoms with Crippen LogP contribution in [-0.2, 0) is 14.3 Å². The van der Waals surface area contributed by atoms with Crippen LogP contribution in [0.25, 0.3) is 11.1 Å². The van der Waals surface area contributed by atoms with Crippen LogP contribution >= 0.6 is 0 Å². The number of carbonyl (C=O) groups excluding carboxylic acids is 2. The van der Waals surface area contributed by atoms with Gasteiger partial charge in [0.2, 0.25) is 5.91 Å². The molecule has 3 N–H and O–H groups in total. The van der Waals surface area contributed by atoms with Gasteiger partial charge in [-0.1, -0.05) is 62.4 Å². The van der Waals surface area contributed by atoms with Gasteiger partial charge in [0.15, 0.2) is 0 Å². The summed E-state index contributed by atoms with van der Waals surface area (Å²) in [6, 6.07) is 15.7. The number of carboxylic acids is 1. The topological polar surface area (TPSA) is 105 Å². The van der Waals surface area contributed by atoms with Gasteiger partial charge in [0.25, 0.3) is 0 Å². The van der Waals surface area contributed by atoms with Crippen molar-refractivity contribution in [1.82, 2.24) is 10.6 Å². The van der Waals surface area contributed by atoms with E-state index < -0.39 is 30.6 Å². The molecule has 0 radical (unpaired) electrons. The second-order valence-corrected chi connectivity index (χ2v) is 7.69. The third kappa shape index (κ3) is 4.97. The van der Waals surface area contributed by atoms with Crippen LogP contribution in [-0.4, -0.2) is 42.3 Å². The molecule has 7 nitrogen and oxygen atoms in total. The van der Waals surface area contributed by atoms with E-state index in [0.29, 0.717) is 0 Å². The van der Waals surface area contributed by atoms with Gasteiger partial charge in [-0.15, -0.1) is 0 Å². The molecular weight excluding hydrogens is 384 g/mol. The highest BCUT2D eigenvalue weighted by atomic mass is 16.5. The summed E-state index contributed by atoms with van der Waals surface area (Å²) in [5.41, 5.74) is 4.55. The molecule has 2 aromatic rings. The van der Waals surface area contributed by atoms with Crippen molar-refractivity contribution >= 4 is 18.0 Å². The van der Waals surface area contributed by atoms with Gasteiger partial charge in [0.05, 0.1) is 0 Å². The van der Waals surface area contributed by atoms with Crippen LogP contribution in [0.1, 0.15) is 37.3 Å². The van der Waals surface area contributed by atoms with Crippen LogP contribution in [0.3, 0.4) is 0 Å². The van der Waals surface area contributed by atoms with Crippen molar-refractivity contribution in [2.45, 2.75) is 32.2 Å². The lowest BCUT2D eigenvalue weighted by molar-refractivity contribution is -0.138. The fraction of sp³-hybridized carbons (Fsp3) is 0.348. The number of ether oxygens (including phenoxy) is 1. The number of rotatable bonds is 8. The number of hydrogen-bond donors (Lipinski definition) is 3. The first kappa shape index (κ1) is 21.4. The Morgan fingerprint density at radius 3 is 2.10 bits per heavy atom. The van der Waals surface area contributed by atoms with Crippen LogP contribution in [0.15, 0.2) is 48.5 Å². The Balaban J connectivity index is 1.61. The van der Waals surface area contributed by atoms with Crippen molar-refractivity contribution in [2.24, 2.45) is 5.92 Å². The summed E-state index contributed by atoms with van der Waals surface area (Å²) in [6.07, 6.45) is -0.614. The van der Waals surface area contributed by atoms with Gasteiger partial charge in [-0.25, -0.2) is 4.79 Å². The number of nitrogens with one attached hydrogen (secondary N) is 2. The Morgan fingerprint density at radius 1 is 1.00 bits per heavy atom. The summed E-state index contributed by atoms with van der Waals surface area (Å²) in [4.78, 5) is 34.9. The first-order chi connectivity index (χ1) is 14.4. The molecule has 0 saturated heterocycles. The third-order valence-electron chi connectivity index (χ3n) is 5.29. The first-order valence-corrected chi connectivity index (χ1v) is 9.96. The van der Waals surface area contributed by atoms with Gasteiger partial charge in [0.1, 0.15) is 13.2 Å². The average Bonchev–Trinajstić information content (AvgIpc) is 3.04. The second kappa shape index (κ2) is 9.43. The van der Waals surface area contributed by atoms with E-state index in [1.807, 2.05) is 50.2 Å². The van der Waals surface area contributed by atoms with E-state index in [1.165, 1.54) is 0 Å². The summed E-state index contributed by atoms with van der Waals surface area (Å²) in [5.74, 6) is -1.62. The summed E-state index contributed by atoms with van der Waals surface area (Å²) in [5, 5.41) is 13.7. The SMILES string of the molecule is CC(C)[C@@H](CC(=O)NCC(=O)O)NC(=O)OCC1c2ccccc2-c2ccccc21. The van der Waals surface area contributed by atoms with Gasteiger partial charge < -0.3 is 20.5 Å². The zero-order valence-corrected chi connectivity index (χ0v) is 17.1. The van der Waals surface area contributed by atoms with E-state index in [4.69, 9.17) is 9.84 Å². The van der Waals surface area contributed by atoms with Gasteiger partial charge in [-0.3, -0.25) is 9.59 Å². The molecule has 1 aliphatic carbocycles. The molecule has 7 heteroatoms. The van der Waals surface area contributed by atoms with Gasteiger partial charge in [-0.05, 0) is 28.2 Å². The van der Waals surface area contributed by atoms with Crippen LogP contribution in [0.4, 0.5) is 4.79 Å². The van der Waals surface area contributed by atoms with E-state index in [-0.39, 0.29) is 24.9 Å². The normalized spacial score (nSPS) is 13.3. The largest absolute Gasteiger partial charge is 0.480 e. The second-order valence-electron chi connectivity index (χ2n) is 7.69. The molecule has 0 fully saturated rings. The molecule has 0 heterocycles. The van der Waals surface area contributed by atoms with Crippen molar-refractivity contribution in [3.05, 3.63) is 59.7 Å². The Morgan fingerprint density at radius 2 is 1.57 bits per heavy atom. The van der Waals surface area contributed by atoms with E-state index in [9.17, 15) is 14.4 Å². The zero-order valence-electron chi connectivity index (χ0n) is 17.1. The summed E-state index contributed by atoms with van der Waals surface area (Å²) in [7, 11) is 0. The molecule has 2 aromatic carbocycles. The van der Waals surface area contributed by atoms with Crippen molar-refractivity contribution in [3.8, 4) is 11.1 Å². The molecule has 30 heavy (non-hydrogen) atoms. The Kier molecular flexibility index (Phi) is 6.72. The molecular formula is C23H26N2O5. The Hall–Kier alpha value is -3.35. The van der Waals surface area contributed by atoms with E-state index in [1.54, 1.807) is 0 Å². The summed E-state index contributed by atoms with van der Waals surface area (Å²) >= 11 is 0. The van der Waals surface area contributed by atoms with Crippen LogP contribution < -0.4 is 10.6 Å². The molecule has 158 valence electrons. The highest BCUT2D eigenvalue weighted by Gasteiger charge is 2.29. The molecule has 0 aliphatic heterocycles. The van der Waals surface area contributed by atoms with Crippen LogP contribution in [0.2, 0.25) is 0 Å². The van der Waals surface area contributed by atoms with E-state index in [0.717, 1.165) is 22.3 Å². The lowest BCUT2D eigenvalue weighted by Gasteiger charge is -2.22. The molecule has 0 unspecified atom stereocenters. The third-order valence-corrected chi connectivity index (χ3v) is 5.29. The van der Waals surface area contributed by atoms with Crippen molar-refractivity contribution in [2.75, 3.05) is 13.2 Å². The summed E-state index contributed by atoms with van der Waals surface area (Å²) < 4.78 is 5.52. The molecule has 1 atom stereocenters. The zero-order chi connectivity index (χ0) is 21.7. The van der Waals surface area contributed by atoms with Crippen molar-refractivity contribution in [1.29, 1.82) is 0 Å². The van der Waals surface area contributed by atoms with Gasteiger partial charge in [0, 0.05) is 18.4 Å². The molecule has 2 amide bonds. The predicted octanol–water partition coefficient (Wildman–Crippen LogP) is 3.14. The number of aliphatic carboxylic acids is 1. The van der Waals surface area contributed by atoms with Gasteiger partial charge in [-0.2, -0.15) is 0 Å². The lowest BCUT2D eigenvalue weighted by Crippen LogP contribution is -2.43. The highest BCUT2D eigenvalue weighted by Crippen LogP contribution is 2.44.